The van der Waals surface area contributed by atoms with E-state index in [4.69, 9.17) is 4.74 Å². The van der Waals surface area contributed by atoms with E-state index in [0.29, 0.717) is 5.56 Å². The Kier molecular flexibility index (Phi) is 5.72. The van der Waals surface area contributed by atoms with Crippen molar-refractivity contribution in [1.29, 1.82) is 0 Å². The minimum atomic E-state index is -4.71. The Bertz CT molecular complexity index is 686. The summed E-state index contributed by atoms with van der Waals surface area (Å²) in [6, 6.07) is 11.8. The predicted octanol–water partition coefficient (Wildman–Crippen LogP) is 4.75. The van der Waals surface area contributed by atoms with Crippen LogP contribution in [0.15, 0.2) is 42.5 Å². The second kappa shape index (κ2) is 7.57. The lowest BCUT2D eigenvalue weighted by Gasteiger charge is -2.19. The van der Waals surface area contributed by atoms with Gasteiger partial charge in [0.1, 0.15) is 11.5 Å². The molecule has 1 atom stereocenters. The fraction of sp³-hybridized carbons (Fsp3) is 0.333. The maximum atomic E-state index is 12.5. The van der Waals surface area contributed by atoms with Gasteiger partial charge in [-0.25, -0.2) is 0 Å². The van der Waals surface area contributed by atoms with E-state index in [-0.39, 0.29) is 18.3 Å². The van der Waals surface area contributed by atoms with Gasteiger partial charge in [-0.15, -0.1) is 13.2 Å². The summed E-state index contributed by atoms with van der Waals surface area (Å²) in [6.45, 7) is 4.15. The number of rotatable bonds is 6. The van der Waals surface area contributed by atoms with Crippen LogP contribution in [0.4, 0.5) is 13.2 Å². The fourth-order valence-electron chi connectivity index (χ4n) is 2.44. The molecule has 0 amide bonds. The normalized spacial score (nSPS) is 12.8. The van der Waals surface area contributed by atoms with Crippen LogP contribution in [-0.4, -0.2) is 13.5 Å². The molecule has 0 saturated heterocycles. The summed E-state index contributed by atoms with van der Waals surface area (Å²) in [7, 11) is 1.59. The second-order valence-electron chi connectivity index (χ2n) is 5.50. The monoisotopic (exact) mass is 339 g/mol. The lowest BCUT2D eigenvalue weighted by Crippen LogP contribution is -2.22. The largest absolute Gasteiger partial charge is 0.573 e. The van der Waals surface area contributed by atoms with Crippen molar-refractivity contribution in [1.82, 2.24) is 5.32 Å². The molecule has 0 radical (unpaired) electrons. The van der Waals surface area contributed by atoms with Crippen molar-refractivity contribution in [3.8, 4) is 11.5 Å². The summed E-state index contributed by atoms with van der Waals surface area (Å²) < 4.78 is 46.8. The van der Waals surface area contributed by atoms with Gasteiger partial charge in [-0.3, -0.25) is 0 Å². The number of methoxy groups -OCH3 is 1. The molecule has 0 bridgehead atoms. The minimum absolute atomic E-state index is 0.0983. The van der Waals surface area contributed by atoms with Gasteiger partial charge < -0.3 is 14.8 Å². The SMILES string of the molecule is COc1ccc(C)cc1C(C)NCc1ccccc1OC(F)(F)F. The standard InChI is InChI=1S/C18H20F3NO2/c1-12-8-9-17(23-3)15(10-12)13(2)22-11-14-6-4-5-7-16(14)24-18(19,20)21/h4-10,13,22H,11H2,1-3H3. The lowest BCUT2D eigenvalue weighted by molar-refractivity contribution is -0.274. The summed E-state index contributed by atoms with van der Waals surface area (Å²) in [5.41, 5.74) is 2.47. The topological polar surface area (TPSA) is 30.5 Å². The summed E-state index contributed by atoms with van der Waals surface area (Å²) in [6.07, 6.45) is -4.71. The third-order valence-electron chi connectivity index (χ3n) is 3.65. The van der Waals surface area contributed by atoms with Crippen molar-refractivity contribution in [3.63, 3.8) is 0 Å². The second-order valence-corrected chi connectivity index (χ2v) is 5.50. The number of para-hydroxylation sites is 1. The molecule has 2 rings (SSSR count). The average molecular weight is 339 g/mol. The quantitative estimate of drug-likeness (QED) is 0.824. The Labute approximate surface area is 139 Å². The number of nitrogens with one attached hydrogen (secondary N) is 1. The zero-order chi connectivity index (χ0) is 17.7. The van der Waals surface area contributed by atoms with Gasteiger partial charge in [0.2, 0.25) is 0 Å². The van der Waals surface area contributed by atoms with Gasteiger partial charge >= 0.3 is 6.36 Å². The maximum absolute atomic E-state index is 12.5. The minimum Gasteiger partial charge on any atom is -0.496 e. The summed E-state index contributed by atoms with van der Waals surface area (Å²) in [4.78, 5) is 0. The number of hydrogen-bond donors (Lipinski definition) is 1. The Morgan fingerprint density at radius 1 is 1.08 bits per heavy atom. The highest BCUT2D eigenvalue weighted by atomic mass is 19.4. The summed E-state index contributed by atoms with van der Waals surface area (Å²) in [5.74, 6) is 0.543. The Morgan fingerprint density at radius 3 is 2.46 bits per heavy atom. The van der Waals surface area contributed by atoms with Crippen molar-refractivity contribution in [2.24, 2.45) is 0 Å². The van der Waals surface area contributed by atoms with Crippen LogP contribution >= 0.6 is 0 Å². The molecule has 24 heavy (non-hydrogen) atoms. The van der Waals surface area contributed by atoms with E-state index in [2.05, 4.69) is 10.1 Å². The van der Waals surface area contributed by atoms with E-state index in [1.54, 1.807) is 19.2 Å². The molecule has 0 fully saturated rings. The molecule has 3 nitrogen and oxygen atoms in total. The molecule has 0 aliphatic rings. The highest BCUT2D eigenvalue weighted by Gasteiger charge is 2.32. The Balaban J connectivity index is 2.13. The number of aryl methyl sites for hydroxylation is 1. The zero-order valence-corrected chi connectivity index (χ0v) is 13.8. The van der Waals surface area contributed by atoms with Crippen molar-refractivity contribution in [2.45, 2.75) is 32.8 Å². The Morgan fingerprint density at radius 2 is 1.79 bits per heavy atom. The molecule has 0 heterocycles. The van der Waals surface area contributed by atoms with Crippen LogP contribution in [0.1, 0.15) is 29.7 Å². The molecule has 0 aromatic heterocycles. The van der Waals surface area contributed by atoms with Gasteiger partial charge in [-0.1, -0.05) is 35.9 Å². The summed E-state index contributed by atoms with van der Waals surface area (Å²) >= 11 is 0. The van der Waals surface area contributed by atoms with E-state index in [0.717, 1.165) is 16.9 Å². The molecule has 0 aliphatic heterocycles. The molecule has 130 valence electrons. The van der Waals surface area contributed by atoms with Crippen molar-refractivity contribution < 1.29 is 22.6 Å². The first-order valence-corrected chi connectivity index (χ1v) is 7.51. The highest BCUT2D eigenvalue weighted by Crippen LogP contribution is 2.29. The molecule has 0 spiro atoms. The van der Waals surface area contributed by atoms with E-state index < -0.39 is 6.36 Å². The van der Waals surface area contributed by atoms with Crippen LogP contribution in [-0.2, 0) is 6.54 Å². The van der Waals surface area contributed by atoms with Gasteiger partial charge in [-0.05, 0) is 26.0 Å². The highest BCUT2D eigenvalue weighted by molar-refractivity contribution is 5.39. The van der Waals surface area contributed by atoms with E-state index in [9.17, 15) is 13.2 Å². The third-order valence-corrected chi connectivity index (χ3v) is 3.65. The van der Waals surface area contributed by atoms with Gasteiger partial charge in [0.25, 0.3) is 0 Å². The smallest absolute Gasteiger partial charge is 0.496 e. The molecule has 2 aromatic carbocycles. The third kappa shape index (κ3) is 4.89. The number of ether oxygens (including phenoxy) is 2. The van der Waals surface area contributed by atoms with Crippen molar-refractivity contribution in [2.75, 3.05) is 7.11 Å². The van der Waals surface area contributed by atoms with Crippen LogP contribution in [0.3, 0.4) is 0 Å². The zero-order valence-electron chi connectivity index (χ0n) is 13.8. The number of alkyl halides is 3. The van der Waals surface area contributed by atoms with Crippen LogP contribution in [0.25, 0.3) is 0 Å². The summed E-state index contributed by atoms with van der Waals surface area (Å²) in [5, 5.41) is 3.22. The van der Waals surface area contributed by atoms with Crippen molar-refractivity contribution >= 4 is 0 Å². The fourth-order valence-corrected chi connectivity index (χ4v) is 2.44. The van der Waals surface area contributed by atoms with E-state index >= 15 is 0 Å². The van der Waals surface area contributed by atoms with Crippen LogP contribution < -0.4 is 14.8 Å². The van der Waals surface area contributed by atoms with Crippen LogP contribution in [0.2, 0.25) is 0 Å². The Hall–Kier alpha value is -2.21. The van der Waals surface area contributed by atoms with Gasteiger partial charge in [0.15, 0.2) is 0 Å². The molecule has 0 saturated carbocycles. The first-order chi connectivity index (χ1) is 11.3. The van der Waals surface area contributed by atoms with Crippen molar-refractivity contribution in [3.05, 3.63) is 59.2 Å². The molecular formula is C18H20F3NO2. The van der Waals surface area contributed by atoms with E-state index in [1.165, 1.54) is 12.1 Å². The number of hydrogen-bond acceptors (Lipinski definition) is 3. The molecule has 2 aromatic rings. The molecule has 1 unspecified atom stereocenters. The maximum Gasteiger partial charge on any atom is 0.573 e. The molecular weight excluding hydrogens is 319 g/mol. The first-order valence-electron chi connectivity index (χ1n) is 7.51. The molecule has 1 N–H and O–H groups in total. The first kappa shape index (κ1) is 18.1. The number of halogens is 3. The predicted molar refractivity (Wildman–Crippen MR) is 86.1 cm³/mol. The molecule has 0 aliphatic carbocycles. The van der Waals surface area contributed by atoms with Gasteiger partial charge in [-0.2, -0.15) is 0 Å². The van der Waals surface area contributed by atoms with Crippen LogP contribution in [0, 0.1) is 6.92 Å². The molecule has 6 heteroatoms. The lowest BCUT2D eigenvalue weighted by atomic mass is 10.0. The van der Waals surface area contributed by atoms with Gasteiger partial charge in [0, 0.05) is 23.7 Å². The van der Waals surface area contributed by atoms with E-state index in [1.807, 2.05) is 32.0 Å². The average Bonchev–Trinajstić information content (AvgIpc) is 2.52. The van der Waals surface area contributed by atoms with Crippen LogP contribution in [0.5, 0.6) is 11.5 Å². The van der Waals surface area contributed by atoms with Gasteiger partial charge in [0.05, 0.1) is 7.11 Å². The number of benzene rings is 2.